The van der Waals surface area contributed by atoms with Crippen LogP contribution in [0.4, 0.5) is 5.82 Å². The number of aliphatic hydroxyl groups is 1. The number of hydrogen-bond acceptors (Lipinski definition) is 11. The summed E-state index contributed by atoms with van der Waals surface area (Å²) in [4.78, 5) is 45.5. The average molecular weight is 545 g/mol. The van der Waals surface area contributed by atoms with Gasteiger partial charge in [-0.3, -0.25) is 14.4 Å². The number of esters is 1. The highest BCUT2D eigenvalue weighted by atomic mass is 33.1. The number of unbranched alkanes of at least 4 members (excludes halogenated alkanes) is 1. The monoisotopic (exact) mass is 544 g/mol. The molecule has 0 unspecified atom stereocenters. The summed E-state index contributed by atoms with van der Waals surface area (Å²) in [7, 11) is 4.54. The minimum atomic E-state index is -0.215. The second-order valence-corrected chi connectivity index (χ2v) is 11.8. The molecular weight excluding hydrogens is 508 g/mol. The van der Waals surface area contributed by atoms with Gasteiger partial charge in [-0.2, -0.15) is 0 Å². The van der Waals surface area contributed by atoms with Crippen molar-refractivity contribution in [2.75, 3.05) is 25.2 Å². The SMILES string of the molecule is COC(=O)CCCC[C@@H](CCSS/C(CCO)=C(\C)N(C=O)Cc1cnc(C)nc1N)SC(C)=O. The molecule has 1 aromatic heterocycles. The van der Waals surface area contributed by atoms with Crippen LogP contribution < -0.4 is 5.73 Å². The van der Waals surface area contributed by atoms with Crippen LogP contribution in [0.3, 0.4) is 0 Å². The van der Waals surface area contributed by atoms with Crippen LogP contribution in [0.2, 0.25) is 0 Å². The fourth-order valence-electron chi connectivity index (χ4n) is 3.13. The molecule has 35 heavy (non-hydrogen) atoms. The maximum absolute atomic E-state index is 11.8. The first-order valence-corrected chi connectivity index (χ1v) is 14.6. The van der Waals surface area contributed by atoms with E-state index in [9.17, 15) is 19.5 Å². The summed E-state index contributed by atoms with van der Waals surface area (Å²) in [5, 5.41) is 9.81. The molecule has 0 aliphatic rings. The third kappa shape index (κ3) is 12.7. The van der Waals surface area contributed by atoms with E-state index in [1.165, 1.54) is 29.7 Å². The van der Waals surface area contributed by atoms with Crippen LogP contribution >= 0.6 is 33.3 Å². The number of carbonyl (C=O) groups excluding carboxylic acids is 3. The van der Waals surface area contributed by atoms with E-state index >= 15 is 0 Å². The van der Waals surface area contributed by atoms with Crippen molar-refractivity contribution in [2.24, 2.45) is 0 Å². The molecule has 1 amide bonds. The number of methoxy groups -OCH3 is 1. The molecule has 0 spiro atoms. The lowest BCUT2D eigenvalue weighted by atomic mass is 10.1. The van der Waals surface area contributed by atoms with Crippen molar-refractivity contribution in [3.8, 4) is 0 Å². The van der Waals surface area contributed by atoms with Crippen molar-refractivity contribution in [1.82, 2.24) is 14.9 Å². The summed E-state index contributed by atoms with van der Waals surface area (Å²) in [6.07, 6.45) is 6.45. The van der Waals surface area contributed by atoms with Crippen molar-refractivity contribution in [3.63, 3.8) is 0 Å². The van der Waals surface area contributed by atoms with Crippen LogP contribution in [0.25, 0.3) is 0 Å². The van der Waals surface area contributed by atoms with Gasteiger partial charge in [0.15, 0.2) is 5.12 Å². The summed E-state index contributed by atoms with van der Waals surface area (Å²) in [5.74, 6) is 1.49. The van der Waals surface area contributed by atoms with Gasteiger partial charge >= 0.3 is 5.97 Å². The van der Waals surface area contributed by atoms with E-state index in [2.05, 4.69) is 14.7 Å². The predicted octanol–water partition coefficient (Wildman–Crippen LogP) is 4.09. The second-order valence-electron chi connectivity index (χ2n) is 7.79. The molecule has 0 aromatic carbocycles. The van der Waals surface area contributed by atoms with Crippen LogP contribution in [0.15, 0.2) is 16.8 Å². The predicted molar refractivity (Wildman–Crippen MR) is 144 cm³/mol. The lowest BCUT2D eigenvalue weighted by Crippen LogP contribution is -2.21. The van der Waals surface area contributed by atoms with E-state index in [4.69, 9.17) is 5.73 Å². The Morgan fingerprint density at radius 1 is 1.26 bits per heavy atom. The molecule has 0 bridgehead atoms. The number of ether oxygens (including phenoxy) is 1. The van der Waals surface area contributed by atoms with Gasteiger partial charge in [0.25, 0.3) is 0 Å². The number of thioether (sulfide) groups is 1. The molecule has 0 fully saturated rings. The number of rotatable bonds is 17. The molecule has 9 nitrogen and oxygen atoms in total. The molecule has 1 atom stereocenters. The van der Waals surface area contributed by atoms with E-state index in [0.717, 1.165) is 48.4 Å². The van der Waals surface area contributed by atoms with Crippen molar-refractivity contribution in [3.05, 3.63) is 28.2 Å². The number of carbonyl (C=O) groups is 3. The second kappa shape index (κ2) is 17.6. The highest BCUT2D eigenvalue weighted by molar-refractivity contribution is 8.78. The standard InChI is InChI=1S/C23H36N4O5S3/c1-16(27(15-29)14-19-13-25-17(2)26-23(19)24)21(9-11-28)35-33-12-10-20(34-18(3)30)7-5-6-8-22(31)32-4/h13,15,20,28H,5-12,14H2,1-4H3,(H2,24,25,26)/b21-16+/t20-/m0/s1. The summed E-state index contributed by atoms with van der Waals surface area (Å²) in [6, 6.07) is 0. The molecule has 0 aliphatic heterocycles. The van der Waals surface area contributed by atoms with E-state index in [0.29, 0.717) is 30.0 Å². The molecule has 3 N–H and O–H groups in total. The van der Waals surface area contributed by atoms with E-state index < -0.39 is 0 Å². The zero-order chi connectivity index (χ0) is 26.2. The van der Waals surface area contributed by atoms with Gasteiger partial charge in [0, 0.05) is 59.7 Å². The number of aliphatic hydroxyl groups excluding tert-OH is 1. The Kier molecular flexibility index (Phi) is 15.8. The third-order valence-electron chi connectivity index (χ3n) is 5.06. The van der Waals surface area contributed by atoms with Gasteiger partial charge in [0.1, 0.15) is 11.6 Å². The molecule has 0 saturated carbocycles. The first kappa shape index (κ1) is 31.3. The summed E-state index contributed by atoms with van der Waals surface area (Å²) >= 11 is 1.34. The minimum Gasteiger partial charge on any atom is -0.469 e. The number of nitrogen functional groups attached to an aromatic ring is 1. The highest BCUT2D eigenvalue weighted by Gasteiger charge is 2.16. The minimum absolute atomic E-state index is 0.0360. The number of amides is 1. The fraction of sp³-hybridized carbons (Fsp3) is 0.609. The van der Waals surface area contributed by atoms with Crippen LogP contribution in [-0.2, 0) is 25.7 Å². The topological polar surface area (TPSA) is 136 Å². The molecule has 1 heterocycles. The van der Waals surface area contributed by atoms with Crippen LogP contribution in [0.5, 0.6) is 0 Å². The summed E-state index contributed by atoms with van der Waals surface area (Å²) in [6.45, 7) is 5.36. The largest absolute Gasteiger partial charge is 0.469 e. The Morgan fingerprint density at radius 2 is 2.00 bits per heavy atom. The van der Waals surface area contributed by atoms with E-state index in [-0.39, 0.29) is 29.5 Å². The fourth-order valence-corrected chi connectivity index (χ4v) is 6.86. The molecule has 0 aliphatic carbocycles. The highest BCUT2D eigenvalue weighted by Crippen LogP contribution is 2.37. The number of nitrogens with zero attached hydrogens (tertiary/aromatic N) is 3. The van der Waals surface area contributed by atoms with Gasteiger partial charge in [-0.25, -0.2) is 9.97 Å². The lowest BCUT2D eigenvalue weighted by Gasteiger charge is -2.22. The number of hydrogen-bond donors (Lipinski definition) is 2. The van der Waals surface area contributed by atoms with Crippen LogP contribution in [0.1, 0.15) is 63.8 Å². The van der Waals surface area contributed by atoms with Crippen molar-refractivity contribution >= 4 is 56.7 Å². The molecular formula is C23H36N4O5S3. The van der Waals surface area contributed by atoms with E-state index in [1.807, 2.05) is 6.92 Å². The smallest absolute Gasteiger partial charge is 0.305 e. The Bertz CT molecular complexity index is 870. The van der Waals surface area contributed by atoms with Gasteiger partial charge in [-0.15, -0.1) is 0 Å². The number of aromatic nitrogens is 2. The molecule has 1 aromatic rings. The Morgan fingerprint density at radius 3 is 2.60 bits per heavy atom. The molecule has 12 heteroatoms. The zero-order valence-corrected chi connectivity index (χ0v) is 23.3. The van der Waals surface area contributed by atoms with Gasteiger partial charge < -0.3 is 20.5 Å². The van der Waals surface area contributed by atoms with Gasteiger partial charge in [-0.05, 0) is 33.1 Å². The normalized spacial score (nSPS) is 12.6. The first-order valence-electron chi connectivity index (χ1n) is 11.4. The van der Waals surface area contributed by atoms with Crippen molar-refractivity contribution in [2.45, 2.75) is 71.1 Å². The number of anilines is 1. The van der Waals surface area contributed by atoms with Gasteiger partial charge in [0.05, 0.1) is 13.7 Å². The molecule has 0 saturated heterocycles. The van der Waals surface area contributed by atoms with E-state index in [1.54, 1.807) is 35.7 Å². The van der Waals surface area contributed by atoms with Crippen molar-refractivity contribution in [1.29, 1.82) is 0 Å². The van der Waals surface area contributed by atoms with Crippen LogP contribution in [0, 0.1) is 6.92 Å². The molecule has 0 radical (unpaired) electrons. The lowest BCUT2D eigenvalue weighted by molar-refractivity contribution is -0.140. The Balaban J connectivity index is 2.70. The zero-order valence-electron chi connectivity index (χ0n) is 20.8. The average Bonchev–Trinajstić information content (AvgIpc) is 2.82. The number of allylic oxidation sites excluding steroid dienone is 1. The van der Waals surface area contributed by atoms with Gasteiger partial charge in [0.2, 0.25) is 6.41 Å². The summed E-state index contributed by atoms with van der Waals surface area (Å²) < 4.78 is 4.67. The number of aryl methyl sites for hydroxylation is 1. The maximum Gasteiger partial charge on any atom is 0.305 e. The quantitative estimate of drug-likeness (QED) is 0.127. The Labute approximate surface area is 219 Å². The Hall–Kier alpha value is -1.76. The molecule has 196 valence electrons. The third-order valence-corrected chi connectivity index (χ3v) is 8.87. The first-order chi connectivity index (χ1) is 16.7. The summed E-state index contributed by atoms with van der Waals surface area (Å²) in [5.41, 5.74) is 7.37. The maximum atomic E-state index is 11.8. The van der Waals surface area contributed by atoms with Gasteiger partial charge in [-0.1, -0.05) is 39.8 Å². The van der Waals surface area contributed by atoms with Crippen LogP contribution in [-0.4, -0.2) is 62.2 Å². The molecule has 1 rings (SSSR count). The van der Waals surface area contributed by atoms with Crippen molar-refractivity contribution < 1.29 is 24.2 Å². The number of nitrogens with two attached hydrogens (primary N) is 1.